The Labute approximate surface area is 165 Å². The van der Waals surface area contributed by atoms with E-state index in [-0.39, 0.29) is 18.1 Å². The maximum absolute atomic E-state index is 12.2. The van der Waals surface area contributed by atoms with Crippen LogP contribution in [0.5, 0.6) is 0 Å². The summed E-state index contributed by atoms with van der Waals surface area (Å²) in [6, 6.07) is 4.39. The van der Waals surface area contributed by atoms with Crippen molar-refractivity contribution in [3.8, 4) is 0 Å². The number of nitrogens with one attached hydrogen (secondary N) is 1. The molecule has 1 aromatic rings. The van der Waals surface area contributed by atoms with Crippen molar-refractivity contribution in [1.82, 2.24) is 15.5 Å². The van der Waals surface area contributed by atoms with Gasteiger partial charge in [-0.1, -0.05) is 0 Å². The molecule has 8 nitrogen and oxygen atoms in total. The average molecular weight is 416 g/mol. The van der Waals surface area contributed by atoms with E-state index in [4.69, 9.17) is 14.6 Å². The van der Waals surface area contributed by atoms with Gasteiger partial charge in [0.2, 0.25) is 5.91 Å². The molecule has 1 aliphatic carbocycles. The molecule has 0 spiro atoms. The third-order valence-corrected chi connectivity index (χ3v) is 5.12. The molecule has 4 rings (SSSR count). The minimum absolute atomic E-state index is 0.0820. The first-order valence-corrected chi connectivity index (χ1v) is 9.44. The number of halogens is 3. The number of hydrogen-bond donors (Lipinski definition) is 2. The van der Waals surface area contributed by atoms with Gasteiger partial charge in [0.15, 0.2) is 5.82 Å². The average Bonchev–Trinajstić information content (AvgIpc) is 3.36. The normalized spacial score (nSPS) is 26.2. The summed E-state index contributed by atoms with van der Waals surface area (Å²) in [5.41, 5.74) is 0.924. The molecule has 2 saturated heterocycles. The zero-order chi connectivity index (χ0) is 21.2. The number of aliphatic carboxylic acids is 1. The third-order valence-electron chi connectivity index (χ3n) is 5.12. The highest BCUT2D eigenvalue weighted by atomic mass is 19.4. The largest absolute Gasteiger partial charge is 0.490 e. The number of carbonyl (C=O) groups excluding carboxylic acids is 1. The second-order valence-electron chi connectivity index (χ2n) is 7.51. The lowest BCUT2D eigenvalue weighted by Gasteiger charge is -2.34. The second kappa shape index (κ2) is 8.52. The summed E-state index contributed by atoms with van der Waals surface area (Å²) < 4.78 is 37.8. The van der Waals surface area contributed by atoms with Crippen molar-refractivity contribution >= 4 is 17.7 Å². The second-order valence-corrected chi connectivity index (χ2v) is 7.51. The lowest BCUT2D eigenvalue weighted by atomic mass is 9.91. The number of rotatable bonds is 3. The van der Waals surface area contributed by atoms with E-state index in [1.165, 1.54) is 0 Å². The first-order valence-electron chi connectivity index (χ1n) is 9.44. The van der Waals surface area contributed by atoms with Crippen molar-refractivity contribution < 1.29 is 32.6 Å². The fourth-order valence-electron chi connectivity index (χ4n) is 3.39. The molecule has 3 atom stereocenters. The Balaban J connectivity index is 0.000000298. The number of nitrogens with zero attached hydrogens (tertiary/aromatic N) is 3. The zero-order valence-electron chi connectivity index (χ0n) is 15.9. The van der Waals surface area contributed by atoms with Crippen molar-refractivity contribution in [3.05, 3.63) is 17.8 Å². The predicted octanol–water partition coefficient (Wildman–Crippen LogP) is 1.68. The number of hydrogen-bond acceptors (Lipinski definition) is 6. The number of ether oxygens (including phenoxy) is 1. The number of carboxylic acids is 1. The molecule has 3 aliphatic rings. The van der Waals surface area contributed by atoms with Gasteiger partial charge in [-0.2, -0.15) is 18.3 Å². The van der Waals surface area contributed by atoms with E-state index in [2.05, 4.69) is 20.4 Å². The Hall–Kier alpha value is -2.43. The summed E-state index contributed by atoms with van der Waals surface area (Å²) in [6.45, 7) is 3.70. The van der Waals surface area contributed by atoms with Crippen LogP contribution in [0.25, 0.3) is 0 Å². The highest BCUT2D eigenvalue weighted by molar-refractivity contribution is 5.81. The minimum Gasteiger partial charge on any atom is -0.475 e. The maximum atomic E-state index is 12.2. The summed E-state index contributed by atoms with van der Waals surface area (Å²) in [4.78, 5) is 23.3. The number of aromatic nitrogens is 2. The van der Waals surface area contributed by atoms with Gasteiger partial charge < -0.3 is 20.1 Å². The van der Waals surface area contributed by atoms with E-state index in [9.17, 15) is 18.0 Å². The molecule has 29 heavy (non-hydrogen) atoms. The SMILES string of the molecule is Cc1ccc(N2CC[C@H]3C[C@@H](C(=O)NC4CC4)O[C@H]3C2)nn1.O=C(O)C(F)(F)F. The van der Waals surface area contributed by atoms with Gasteiger partial charge in [-0.05, 0) is 50.7 Å². The summed E-state index contributed by atoms with van der Waals surface area (Å²) in [6.07, 6.45) is -1.08. The Morgan fingerprint density at radius 2 is 1.93 bits per heavy atom. The van der Waals surface area contributed by atoms with Crippen LogP contribution in [0.2, 0.25) is 0 Å². The van der Waals surface area contributed by atoms with Crippen LogP contribution in [0.1, 0.15) is 31.4 Å². The minimum atomic E-state index is -5.08. The van der Waals surface area contributed by atoms with Crippen molar-refractivity contribution in [3.63, 3.8) is 0 Å². The highest BCUT2D eigenvalue weighted by Gasteiger charge is 2.43. The number of piperidine rings is 1. The number of carbonyl (C=O) groups is 2. The zero-order valence-corrected chi connectivity index (χ0v) is 15.9. The van der Waals surface area contributed by atoms with Gasteiger partial charge in [0, 0.05) is 19.1 Å². The molecule has 11 heteroatoms. The standard InChI is InChI=1S/C16H22N4O2.C2HF3O2/c1-10-2-5-15(19-18-10)20-7-6-11-8-13(22-14(11)9-20)16(21)17-12-3-4-12;3-2(4,5)1(6)7/h2,5,11-14H,3-4,6-9H2,1H3,(H,17,21);(H,6,7)/t11-,13-,14-;/m0./s1. The smallest absolute Gasteiger partial charge is 0.475 e. The predicted molar refractivity (Wildman–Crippen MR) is 95.2 cm³/mol. The van der Waals surface area contributed by atoms with Gasteiger partial charge in [-0.25, -0.2) is 4.79 Å². The quantitative estimate of drug-likeness (QED) is 0.773. The first-order chi connectivity index (χ1) is 13.6. The van der Waals surface area contributed by atoms with Crippen molar-refractivity contribution in [1.29, 1.82) is 0 Å². The Kier molecular flexibility index (Phi) is 6.25. The Bertz CT molecular complexity index is 740. The molecule has 160 valence electrons. The molecule has 1 saturated carbocycles. The van der Waals surface area contributed by atoms with Crippen LogP contribution in [0.4, 0.5) is 19.0 Å². The molecule has 1 aromatic heterocycles. The van der Waals surface area contributed by atoms with E-state index in [0.717, 1.165) is 50.3 Å². The number of alkyl halides is 3. The van der Waals surface area contributed by atoms with Crippen LogP contribution in [-0.2, 0) is 14.3 Å². The summed E-state index contributed by atoms with van der Waals surface area (Å²) in [5.74, 6) is -1.28. The number of anilines is 1. The van der Waals surface area contributed by atoms with Crippen LogP contribution in [0.3, 0.4) is 0 Å². The molecule has 0 aromatic carbocycles. The van der Waals surface area contributed by atoms with Gasteiger partial charge in [-0.3, -0.25) is 4.79 Å². The molecule has 0 unspecified atom stereocenters. The molecule has 3 fully saturated rings. The lowest BCUT2D eigenvalue weighted by Crippen LogP contribution is -2.43. The summed E-state index contributed by atoms with van der Waals surface area (Å²) >= 11 is 0. The fourth-order valence-corrected chi connectivity index (χ4v) is 3.39. The van der Waals surface area contributed by atoms with Gasteiger partial charge in [0.1, 0.15) is 6.10 Å². The van der Waals surface area contributed by atoms with Crippen molar-refractivity contribution in [2.75, 3.05) is 18.0 Å². The third kappa shape index (κ3) is 5.78. The summed E-state index contributed by atoms with van der Waals surface area (Å²) in [5, 5.41) is 18.6. The van der Waals surface area contributed by atoms with Crippen LogP contribution in [0.15, 0.2) is 12.1 Å². The van der Waals surface area contributed by atoms with Gasteiger partial charge in [-0.15, -0.1) is 5.10 Å². The number of fused-ring (bicyclic) bond motifs is 1. The van der Waals surface area contributed by atoms with Gasteiger partial charge in [0.05, 0.1) is 11.8 Å². The van der Waals surface area contributed by atoms with Crippen molar-refractivity contribution in [2.24, 2.45) is 5.92 Å². The van der Waals surface area contributed by atoms with E-state index in [1.807, 2.05) is 19.1 Å². The van der Waals surface area contributed by atoms with Crippen LogP contribution in [-0.4, -0.2) is 64.7 Å². The molecular weight excluding hydrogens is 393 g/mol. The molecule has 0 bridgehead atoms. The number of amides is 1. The van der Waals surface area contributed by atoms with Crippen molar-refractivity contribution in [2.45, 2.75) is 57.0 Å². The molecule has 0 radical (unpaired) electrons. The topological polar surface area (TPSA) is 105 Å². The first kappa shape index (κ1) is 21.3. The Morgan fingerprint density at radius 3 is 2.48 bits per heavy atom. The molecular formula is C18H23F3N4O4. The fraction of sp³-hybridized carbons (Fsp3) is 0.667. The van der Waals surface area contributed by atoms with E-state index < -0.39 is 12.1 Å². The number of aryl methyl sites for hydroxylation is 1. The molecule has 3 heterocycles. The molecule has 2 aliphatic heterocycles. The van der Waals surface area contributed by atoms with Gasteiger partial charge in [0.25, 0.3) is 0 Å². The van der Waals surface area contributed by atoms with E-state index in [1.54, 1.807) is 0 Å². The van der Waals surface area contributed by atoms with E-state index >= 15 is 0 Å². The highest BCUT2D eigenvalue weighted by Crippen LogP contribution is 2.35. The molecule has 1 amide bonds. The number of carboxylic acid groups (broad SMARTS) is 1. The van der Waals surface area contributed by atoms with Gasteiger partial charge >= 0.3 is 12.1 Å². The maximum Gasteiger partial charge on any atom is 0.490 e. The Morgan fingerprint density at radius 1 is 1.24 bits per heavy atom. The summed E-state index contributed by atoms with van der Waals surface area (Å²) in [7, 11) is 0. The monoisotopic (exact) mass is 416 g/mol. The van der Waals surface area contributed by atoms with Crippen LogP contribution < -0.4 is 10.2 Å². The van der Waals surface area contributed by atoms with Crippen LogP contribution >= 0.6 is 0 Å². The molecule has 2 N–H and O–H groups in total. The lowest BCUT2D eigenvalue weighted by molar-refractivity contribution is -0.192. The van der Waals surface area contributed by atoms with E-state index in [0.29, 0.717) is 12.0 Å². The van der Waals surface area contributed by atoms with Crippen LogP contribution in [0, 0.1) is 12.8 Å².